The molecule has 0 radical (unpaired) electrons. The number of nitrogens with zero attached hydrogens (tertiary/aromatic N) is 2. The molecule has 0 spiro atoms. The second kappa shape index (κ2) is 3.90. The monoisotopic (exact) mass is 281 g/mol. The maximum absolute atomic E-state index is 5.43. The largest absolute Gasteiger partial charge is 0.407 e. The number of anilines is 1. The van der Waals surface area contributed by atoms with E-state index in [0.717, 1.165) is 10.0 Å². The van der Waals surface area contributed by atoms with Gasteiger partial charge in [-0.25, -0.2) is 0 Å². The molecule has 0 saturated heterocycles. The highest BCUT2D eigenvalue weighted by Crippen LogP contribution is 2.31. The zero-order valence-corrected chi connectivity index (χ0v) is 10.7. The summed E-state index contributed by atoms with van der Waals surface area (Å²) in [5.41, 5.74) is 6.17. The summed E-state index contributed by atoms with van der Waals surface area (Å²) in [5.74, 6) is 0.517. The van der Waals surface area contributed by atoms with Gasteiger partial charge in [-0.05, 0) is 31.5 Å². The second-order valence-corrected chi connectivity index (χ2v) is 5.00. The fourth-order valence-corrected chi connectivity index (χ4v) is 1.89. The number of benzene rings is 1. The molecule has 0 aliphatic carbocycles. The van der Waals surface area contributed by atoms with Crippen molar-refractivity contribution in [1.29, 1.82) is 0 Å². The predicted molar refractivity (Wildman–Crippen MR) is 65.0 cm³/mol. The van der Waals surface area contributed by atoms with Crippen LogP contribution in [-0.4, -0.2) is 10.2 Å². The van der Waals surface area contributed by atoms with Gasteiger partial charge in [0.15, 0.2) is 0 Å². The van der Waals surface area contributed by atoms with E-state index < -0.39 is 0 Å². The van der Waals surface area contributed by atoms with Crippen LogP contribution in [0.15, 0.2) is 33.2 Å². The van der Waals surface area contributed by atoms with Gasteiger partial charge in [-0.3, -0.25) is 0 Å². The van der Waals surface area contributed by atoms with E-state index in [1.807, 2.05) is 38.1 Å². The van der Waals surface area contributed by atoms with Gasteiger partial charge in [0.1, 0.15) is 0 Å². The lowest BCUT2D eigenvalue weighted by Crippen LogP contribution is -2.19. The molecule has 0 saturated carbocycles. The summed E-state index contributed by atoms with van der Waals surface area (Å²) in [6.45, 7) is 4.03. The van der Waals surface area contributed by atoms with Crippen molar-refractivity contribution in [2.75, 3.05) is 5.73 Å². The molecule has 1 heterocycles. The smallest absolute Gasteiger partial charge is 0.312 e. The molecule has 0 aliphatic heterocycles. The zero-order chi connectivity index (χ0) is 11.8. The SMILES string of the molecule is CC(C)(c1cccc(Br)c1)c1nnc(N)o1. The molecule has 5 heteroatoms. The third-order valence-electron chi connectivity index (χ3n) is 2.52. The number of hydrogen-bond acceptors (Lipinski definition) is 4. The van der Waals surface area contributed by atoms with Crippen molar-refractivity contribution in [3.8, 4) is 0 Å². The van der Waals surface area contributed by atoms with E-state index in [9.17, 15) is 0 Å². The van der Waals surface area contributed by atoms with Crippen LogP contribution in [-0.2, 0) is 5.41 Å². The van der Waals surface area contributed by atoms with Crippen LogP contribution < -0.4 is 5.73 Å². The van der Waals surface area contributed by atoms with Crippen LogP contribution in [0.4, 0.5) is 6.01 Å². The van der Waals surface area contributed by atoms with E-state index in [1.165, 1.54) is 0 Å². The molecule has 1 aromatic carbocycles. The van der Waals surface area contributed by atoms with Crippen LogP contribution in [0.1, 0.15) is 25.3 Å². The Labute approximate surface area is 102 Å². The van der Waals surface area contributed by atoms with Crippen LogP contribution in [0.5, 0.6) is 0 Å². The normalized spacial score (nSPS) is 11.7. The van der Waals surface area contributed by atoms with Gasteiger partial charge >= 0.3 is 6.01 Å². The fraction of sp³-hybridized carbons (Fsp3) is 0.273. The lowest BCUT2D eigenvalue weighted by molar-refractivity contribution is 0.422. The standard InChI is InChI=1S/C11H12BrN3O/c1-11(2,9-14-15-10(13)16-9)7-4-3-5-8(12)6-7/h3-6H,1-2H3,(H2,13,15). The van der Waals surface area contributed by atoms with E-state index in [2.05, 4.69) is 26.1 Å². The van der Waals surface area contributed by atoms with E-state index in [1.54, 1.807) is 0 Å². The molecule has 16 heavy (non-hydrogen) atoms. The Morgan fingerprint density at radius 2 is 2.06 bits per heavy atom. The summed E-state index contributed by atoms with van der Waals surface area (Å²) in [6.07, 6.45) is 0. The van der Waals surface area contributed by atoms with Gasteiger partial charge in [0.25, 0.3) is 0 Å². The van der Waals surface area contributed by atoms with Crippen molar-refractivity contribution in [3.05, 3.63) is 40.2 Å². The van der Waals surface area contributed by atoms with Gasteiger partial charge in [0, 0.05) is 4.47 Å². The average molecular weight is 282 g/mol. The van der Waals surface area contributed by atoms with Gasteiger partial charge < -0.3 is 10.2 Å². The topological polar surface area (TPSA) is 64.9 Å². The predicted octanol–water partition coefficient (Wildman–Crippen LogP) is 2.74. The summed E-state index contributed by atoms with van der Waals surface area (Å²) < 4.78 is 6.30. The van der Waals surface area contributed by atoms with Crippen molar-refractivity contribution in [3.63, 3.8) is 0 Å². The lowest BCUT2D eigenvalue weighted by atomic mass is 9.85. The number of aromatic nitrogens is 2. The molecule has 0 amide bonds. The zero-order valence-electron chi connectivity index (χ0n) is 9.07. The Hall–Kier alpha value is -1.36. The van der Waals surface area contributed by atoms with Crippen LogP contribution in [0.2, 0.25) is 0 Å². The van der Waals surface area contributed by atoms with Crippen molar-refractivity contribution in [1.82, 2.24) is 10.2 Å². The highest BCUT2D eigenvalue weighted by molar-refractivity contribution is 9.10. The Morgan fingerprint density at radius 1 is 1.31 bits per heavy atom. The second-order valence-electron chi connectivity index (χ2n) is 4.08. The number of halogens is 1. The van der Waals surface area contributed by atoms with Crippen LogP contribution >= 0.6 is 15.9 Å². The number of nitrogen functional groups attached to an aromatic ring is 1. The maximum atomic E-state index is 5.43. The molecule has 0 unspecified atom stereocenters. The van der Waals surface area contributed by atoms with Crippen molar-refractivity contribution in [2.45, 2.75) is 19.3 Å². The Morgan fingerprint density at radius 3 is 2.62 bits per heavy atom. The van der Waals surface area contributed by atoms with Gasteiger partial charge in [0.05, 0.1) is 5.41 Å². The highest BCUT2D eigenvalue weighted by Gasteiger charge is 2.29. The Bertz CT molecular complexity index is 507. The summed E-state index contributed by atoms with van der Waals surface area (Å²) >= 11 is 3.44. The minimum atomic E-state index is -0.353. The van der Waals surface area contributed by atoms with Crippen LogP contribution in [0.25, 0.3) is 0 Å². The Kier molecular flexibility index (Phi) is 2.71. The first kappa shape index (κ1) is 11.1. The van der Waals surface area contributed by atoms with Gasteiger partial charge in [-0.15, -0.1) is 5.10 Å². The van der Waals surface area contributed by atoms with Gasteiger partial charge in [0.2, 0.25) is 5.89 Å². The first-order valence-corrected chi connectivity index (χ1v) is 5.65. The van der Waals surface area contributed by atoms with E-state index >= 15 is 0 Å². The maximum Gasteiger partial charge on any atom is 0.312 e. The molecule has 2 N–H and O–H groups in total. The minimum Gasteiger partial charge on any atom is -0.407 e. The van der Waals surface area contributed by atoms with Crippen molar-refractivity contribution in [2.24, 2.45) is 0 Å². The summed E-state index contributed by atoms with van der Waals surface area (Å²) in [5, 5.41) is 7.62. The molecule has 4 nitrogen and oxygen atoms in total. The molecule has 1 aromatic heterocycles. The molecule has 0 aliphatic rings. The quantitative estimate of drug-likeness (QED) is 0.919. The molecule has 2 aromatic rings. The van der Waals surface area contributed by atoms with Gasteiger partial charge in [-0.2, -0.15) is 0 Å². The molecule has 2 rings (SSSR count). The molecule has 0 fully saturated rings. The number of nitrogens with two attached hydrogens (primary N) is 1. The highest BCUT2D eigenvalue weighted by atomic mass is 79.9. The summed E-state index contributed by atoms with van der Waals surface area (Å²) in [7, 11) is 0. The number of hydrogen-bond donors (Lipinski definition) is 1. The average Bonchev–Trinajstić information content (AvgIpc) is 2.65. The molecule has 84 valence electrons. The van der Waals surface area contributed by atoms with Gasteiger partial charge in [-0.1, -0.05) is 33.2 Å². The van der Waals surface area contributed by atoms with Crippen molar-refractivity contribution >= 4 is 21.9 Å². The summed E-state index contributed by atoms with van der Waals surface area (Å²) in [6, 6.07) is 8.09. The lowest BCUT2D eigenvalue weighted by Gasteiger charge is -2.20. The minimum absolute atomic E-state index is 0.0954. The van der Waals surface area contributed by atoms with E-state index in [-0.39, 0.29) is 11.4 Å². The molecule has 0 atom stereocenters. The third kappa shape index (κ3) is 1.95. The van der Waals surface area contributed by atoms with E-state index in [0.29, 0.717) is 5.89 Å². The van der Waals surface area contributed by atoms with Crippen LogP contribution in [0.3, 0.4) is 0 Å². The first-order chi connectivity index (χ1) is 7.50. The number of rotatable bonds is 2. The first-order valence-electron chi connectivity index (χ1n) is 4.85. The molecule has 0 bridgehead atoms. The fourth-order valence-electron chi connectivity index (χ4n) is 1.49. The molecular weight excluding hydrogens is 270 g/mol. The Balaban J connectivity index is 2.46. The third-order valence-corrected chi connectivity index (χ3v) is 3.01. The van der Waals surface area contributed by atoms with Crippen molar-refractivity contribution < 1.29 is 4.42 Å². The molecular formula is C11H12BrN3O. The van der Waals surface area contributed by atoms with E-state index in [4.69, 9.17) is 10.2 Å². The summed E-state index contributed by atoms with van der Waals surface area (Å²) in [4.78, 5) is 0. The van der Waals surface area contributed by atoms with Crippen LogP contribution in [0, 0.1) is 0 Å².